The molecule has 1 rings (SSSR count). The van der Waals surface area contributed by atoms with Gasteiger partial charge in [-0.2, -0.15) is 0 Å². The molecule has 2 heteroatoms. The second kappa shape index (κ2) is 6.48. The Bertz CT molecular complexity index is 462. The number of Topliss-reactive ketones (excluding diaryl/α,β-unsaturated/α-hetero) is 1. The van der Waals surface area contributed by atoms with Gasteiger partial charge in [0.15, 0.2) is 5.78 Å². The highest BCUT2D eigenvalue weighted by atomic mass is 16.3. The fourth-order valence-corrected chi connectivity index (χ4v) is 1.37. The lowest BCUT2D eigenvalue weighted by Gasteiger charge is -2.01. The molecule has 0 atom stereocenters. The van der Waals surface area contributed by atoms with Crippen LogP contribution >= 0.6 is 0 Å². The first-order chi connectivity index (χ1) is 8.19. The van der Waals surface area contributed by atoms with Gasteiger partial charge in [0.2, 0.25) is 0 Å². The number of hydrogen-bond acceptors (Lipinski definition) is 2. The molecule has 1 N–H and O–H groups in total. The number of phenolic OH excluding ortho intramolecular Hbond substituents is 1. The number of benzene rings is 1. The van der Waals surface area contributed by atoms with Gasteiger partial charge in [0.1, 0.15) is 5.75 Å². The number of carbonyl (C=O) groups excluding carboxylic acids is 1. The number of aromatic hydroxyl groups is 1. The fraction of sp³-hybridized carbons (Fsp3) is 0.133. The molecule has 0 unspecified atom stereocenters. The van der Waals surface area contributed by atoms with E-state index in [4.69, 9.17) is 0 Å². The summed E-state index contributed by atoms with van der Waals surface area (Å²) in [6, 6.07) is 6.25. The zero-order chi connectivity index (χ0) is 12.7. The first kappa shape index (κ1) is 13.0. The average Bonchev–Trinajstić information content (AvgIpc) is 2.34. The van der Waals surface area contributed by atoms with Gasteiger partial charge in [0.05, 0.1) is 0 Å². The Morgan fingerprint density at radius 3 is 2.29 bits per heavy atom. The van der Waals surface area contributed by atoms with Gasteiger partial charge in [0, 0.05) is 11.1 Å². The molecule has 2 nitrogen and oxygen atoms in total. The van der Waals surface area contributed by atoms with E-state index in [9.17, 15) is 9.90 Å². The lowest BCUT2D eigenvalue weighted by atomic mass is 10.0. The Hall–Kier alpha value is -2.09. The number of rotatable bonds is 4. The molecular formula is C15H16O2. The molecule has 0 radical (unpaired) electrons. The van der Waals surface area contributed by atoms with Gasteiger partial charge in [-0.25, -0.2) is 0 Å². The molecule has 0 bridgehead atoms. The standard InChI is InChI=1S/C15H16O2/c1-3-5-7-12(6-4-2)15(17)13-8-10-14(16)11-9-13/h3-11,16H,1-2H3/b5-3-,6-4-,12-7+. The van der Waals surface area contributed by atoms with Crippen LogP contribution in [0.1, 0.15) is 24.2 Å². The lowest BCUT2D eigenvalue weighted by Crippen LogP contribution is -2.00. The van der Waals surface area contributed by atoms with Crippen molar-refractivity contribution in [1.29, 1.82) is 0 Å². The Balaban J connectivity index is 3.04. The molecule has 88 valence electrons. The minimum Gasteiger partial charge on any atom is -0.508 e. The highest BCUT2D eigenvalue weighted by molar-refractivity contribution is 6.10. The molecule has 0 saturated carbocycles. The van der Waals surface area contributed by atoms with Gasteiger partial charge in [-0.05, 0) is 38.1 Å². The molecule has 1 aromatic carbocycles. The molecule has 0 heterocycles. The molecule has 0 spiro atoms. The van der Waals surface area contributed by atoms with Crippen LogP contribution in [0.15, 0.2) is 60.2 Å². The number of phenols is 1. The zero-order valence-electron chi connectivity index (χ0n) is 10.1. The second-order valence-electron chi connectivity index (χ2n) is 3.52. The smallest absolute Gasteiger partial charge is 0.193 e. The van der Waals surface area contributed by atoms with Gasteiger partial charge in [-0.15, -0.1) is 0 Å². The van der Waals surface area contributed by atoms with Crippen molar-refractivity contribution >= 4 is 5.78 Å². The quantitative estimate of drug-likeness (QED) is 0.485. The minimum absolute atomic E-state index is 0.0544. The third kappa shape index (κ3) is 3.76. The number of allylic oxidation sites excluding steroid dienone is 6. The van der Waals surface area contributed by atoms with Gasteiger partial charge >= 0.3 is 0 Å². The van der Waals surface area contributed by atoms with Crippen LogP contribution in [0.4, 0.5) is 0 Å². The molecule has 0 amide bonds. The summed E-state index contributed by atoms with van der Waals surface area (Å²) in [6.45, 7) is 3.77. The summed E-state index contributed by atoms with van der Waals surface area (Å²) in [4.78, 5) is 12.1. The molecule has 0 fully saturated rings. The van der Waals surface area contributed by atoms with Crippen molar-refractivity contribution < 1.29 is 9.90 Å². The number of ketones is 1. The van der Waals surface area contributed by atoms with Crippen LogP contribution in [0.25, 0.3) is 0 Å². The van der Waals surface area contributed by atoms with E-state index in [2.05, 4.69) is 0 Å². The highest BCUT2D eigenvalue weighted by Gasteiger charge is 2.08. The van der Waals surface area contributed by atoms with E-state index >= 15 is 0 Å². The van der Waals surface area contributed by atoms with Gasteiger partial charge in [-0.3, -0.25) is 4.79 Å². The second-order valence-corrected chi connectivity index (χ2v) is 3.52. The van der Waals surface area contributed by atoms with Crippen LogP contribution in [0.3, 0.4) is 0 Å². The van der Waals surface area contributed by atoms with E-state index in [0.717, 1.165) is 0 Å². The van der Waals surface area contributed by atoms with E-state index in [1.165, 1.54) is 12.1 Å². The van der Waals surface area contributed by atoms with Crippen molar-refractivity contribution in [3.8, 4) is 5.75 Å². The van der Waals surface area contributed by atoms with Crippen LogP contribution in [-0.4, -0.2) is 10.9 Å². The molecule has 0 aliphatic carbocycles. The van der Waals surface area contributed by atoms with Crippen LogP contribution in [0.5, 0.6) is 5.75 Å². The van der Waals surface area contributed by atoms with Crippen molar-refractivity contribution in [3.05, 3.63) is 65.8 Å². The van der Waals surface area contributed by atoms with Crippen molar-refractivity contribution in [2.75, 3.05) is 0 Å². The van der Waals surface area contributed by atoms with Crippen LogP contribution in [0, 0.1) is 0 Å². The monoisotopic (exact) mass is 228 g/mol. The largest absolute Gasteiger partial charge is 0.508 e. The number of hydrogen-bond donors (Lipinski definition) is 1. The molecule has 0 aliphatic rings. The predicted octanol–water partition coefficient (Wildman–Crippen LogP) is 3.65. The van der Waals surface area contributed by atoms with Gasteiger partial charge in [0.25, 0.3) is 0 Å². The van der Waals surface area contributed by atoms with Crippen LogP contribution in [-0.2, 0) is 0 Å². The predicted molar refractivity (Wildman–Crippen MR) is 70.1 cm³/mol. The molecule has 17 heavy (non-hydrogen) atoms. The van der Waals surface area contributed by atoms with Gasteiger partial charge < -0.3 is 5.11 Å². The highest BCUT2D eigenvalue weighted by Crippen LogP contribution is 2.14. The maximum Gasteiger partial charge on any atom is 0.193 e. The summed E-state index contributed by atoms with van der Waals surface area (Å²) in [5.74, 6) is 0.104. The fourth-order valence-electron chi connectivity index (χ4n) is 1.37. The Kier molecular flexibility index (Phi) is 4.95. The van der Waals surface area contributed by atoms with E-state index in [1.807, 2.05) is 32.1 Å². The summed E-state index contributed by atoms with van der Waals surface area (Å²) in [5, 5.41) is 9.17. The minimum atomic E-state index is -0.0544. The lowest BCUT2D eigenvalue weighted by molar-refractivity contribution is 0.103. The molecular weight excluding hydrogens is 212 g/mol. The average molecular weight is 228 g/mol. The normalized spacial score (nSPS) is 12.5. The van der Waals surface area contributed by atoms with E-state index in [-0.39, 0.29) is 11.5 Å². The zero-order valence-corrected chi connectivity index (χ0v) is 10.1. The summed E-state index contributed by atoms with van der Waals surface area (Å²) < 4.78 is 0. The van der Waals surface area contributed by atoms with Crippen molar-refractivity contribution in [1.82, 2.24) is 0 Å². The first-order valence-electron chi connectivity index (χ1n) is 5.48. The van der Waals surface area contributed by atoms with E-state index in [0.29, 0.717) is 11.1 Å². The third-order valence-electron chi connectivity index (χ3n) is 2.21. The molecule has 1 aromatic rings. The third-order valence-corrected chi connectivity index (χ3v) is 2.21. The molecule has 0 aromatic heterocycles. The van der Waals surface area contributed by atoms with Crippen molar-refractivity contribution in [2.24, 2.45) is 0 Å². The summed E-state index contributed by atoms with van der Waals surface area (Å²) >= 11 is 0. The molecule has 0 aliphatic heterocycles. The molecule has 0 saturated heterocycles. The summed E-state index contributed by atoms with van der Waals surface area (Å²) in [6.07, 6.45) is 9.07. The Labute approximate surface area is 102 Å². The topological polar surface area (TPSA) is 37.3 Å². The maximum absolute atomic E-state index is 12.1. The van der Waals surface area contributed by atoms with E-state index < -0.39 is 0 Å². The summed E-state index contributed by atoms with van der Waals surface area (Å²) in [7, 11) is 0. The summed E-state index contributed by atoms with van der Waals surface area (Å²) in [5.41, 5.74) is 1.19. The van der Waals surface area contributed by atoms with Crippen molar-refractivity contribution in [3.63, 3.8) is 0 Å². The van der Waals surface area contributed by atoms with Crippen LogP contribution < -0.4 is 0 Å². The van der Waals surface area contributed by atoms with Gasteiger partial charge in [-0.1, -0.05) is 30.4 Å². The Morgan fingerprint density at radius 2 is 1.76 bits per heavy atom. The SMILES string of the molecule is C\C=C/C=C(\C=C/C)C(=O)c1ccc(O)cc1. The van der Waals surface area contributed by atoms with Crippen molar-refractivity contribution in [2.45, 2.75) is 13.8 Å². The maximum atomic E-state index is 12.1. The Morgan fingerprint density at radius 1 is 1.12 bits per heavy atom. The van der Waals surface area contributed by atoms with Crippen LogP contribution in [0.2, 0.25) is 0 Å². The van der Waals surface area contributed by atoms with E-state index in [1.54, 1.807) is 24.3 Å². The number of carbonyl (C=O) groups is 1. The first-order valence-corrected chi connectivity index (χ1v) is 5.48.